The number of nitrogens with one attached hydrogen (secondary N) is 1. The van der Waals surface area contributed by atoms with Crippen molar-refractivity contribution < 1.29 is 4.21 Å². The van der Waals surface area contributed by atoms with E-state index in [-0.39, 0.29) is 0 Å². The average Bonchev–Trinajstić information content (AvgIpc) is 2.30. The van der Waals surface area contributed by atoms with Gasteiger partial charge in [-0.25, -0.2) is 0 Å². The van der Waals surface area contributed by atoms with Crippen molar-refractivity contribution in [2.24, 2.45) is 5.41 Å². The molecule has 0 aromatic carbocycles. The van der Waals surface area contributed by atoms with Crippen molar-refractivity contribution in [3.63, 3.8) is 0 Å². The van der Waals surface area contributed by atoms with Crippen molar-refractivity contribution in [2.45, 2.75) is 38.0 Å². The predicted octanol–water partition coefficient (Wildman–Crippen LogP) is 0.895. The highest BCUT2D eigenvalue weighted by Gasteiger charge is 2.45. The van der Waals surface area contributed by atoms with Gasteiger partial charge in [-0.15, -0.1) is 0 Å². The second-order valence-electron chi connectivity index (χ2n) is 4.58. The molecule has 1 heterocycles. The summed E-state index contributed by atoms with van der Waals surface area (Å²) >= 11 is 0. The largest absolute Gasteiger partial charge is 0.311 e. The Balaban J connectivity index is 2.20. The SMILES string of the molecule is CC1(C)CCC2C1NCCS2=O. The van der Waals surface area contributed by atoms with E-state index in [0.717, 1.165) is 18.7 Å². The Labute approximate surface area is 76.6 Å². The monoisotopic (exact) mass is 187 g/mol. The molecule has 70 valence electrons. The van der Waals surface area contributed by atoms with E-state index in [0.29, 0.717) is 16.7 Å². The van der Waals surface area contributed by atoms with Gasteiger partial charge in [0.15, 0.2) is 0 Å². The molecule has 0 spiro atoms. The Bertz CT molecular complexity index is 215. The summed E-state index contributed by atoms with van der Waals surface area (Å²) in [6.45, 7) is 5.51. The summed E-state index contributed by atoms with van der Waals surface area (Å²) in [5, 5.41) is 3.95. The molecule has 0 bridgehead atoms. The van der Waals surface area contributed by atoms with Crippen LogP contribution in [0.2, 0.25) is 0 Å². The third kappa shape index (κ3) is 1.23. The van der Waals surface area contributed by atoms with Crippen LogP contribution in [0.5, 0.6) is 0 Å². The van der Waals surface area contributed by atoms with E-state index in [2.05, 4.69) is 19.2 Å². The molecule has 3 heteroatoms. The molecule has 1 saturated heterocycles. The summed E-state index contributed by atoms with van der Waals surface area (Å²) in [7, 11) is -0.555. The molecule has 0 radical (unpaired) electrons. The standard InChI is InChI=1S/C9H17NOS/c1-9(2)4-3-7-8(9)10-5-6-12(7)11/h7-8,10H,3-6H2,1-2H3. The molecule has 12 heavy (non-hydrogen) atoms. The maximum atomic E-state index is 11.6. The summed E-state index contributed by atoms with van der Waals surface area (Å²) < 4.78 is 11.6. The molecule has 1 N–H and O–H groups in total. The lowest BCUT2D eigenvalue weighted by molar-refractivity contribution is 0.286. The fraction of sp³-hybridized carbons (Fsp3) is 1.00. The summed E-state index contributed by atoms with van der Waals surface area (Å²) in [5.74, 6) is 0.858. The van der Waals surface area contributed by atoms with Crippen LogP contribution in [0.1, 0.15) is 26.7 Å². The Morgan fingerprint density at radius 2 is 2.25 bits per heavy atom. The van der Waals surface area contributed by atoms with Crippen molar-refractivity contribution in [3.05, 3.63) is 0 Å². The smallest absolute Gasteiger partial charge is 0.0507 e. The number of rotatable bonds is 0. The zero-order chi connectivity index (χ0) is 8.77. The third-order valence-corrected chi connectivity index (χ3v) is 5.08. The Morgan fingerprint density at radius 3 is 2.92 bits per heavy atom. The van der Waals surface area contributed by atoms with Crippen molar-refractivity contribution in [3.8, 4) is 0 Å². The van der Waals surface area contributed by atoms with E-state index >= 15 is 0 Å². The van der Waals surface area contributed by atoms with Crippen LogP contribution in [0.3, 0.4) is 0 Å². The molecule has 2 aliphatic rings. The molecule has 1 aliphatic carbocycles. The summed E-state index contributed by atoms with van der Waals surface area (Å²) in [5.41, 5.74) is 0.362. The molecule has 0 amide bonds. The first kappa shape index (κ1) is 8.70. The average molecular weight is 187 g/mol. The van der Waals surface area contributed by atoms with Gasteiger partial charge >= 0.3 is 0 Å². The topological polar surface area (TPSA) is 29.1 Å². The maximum Gasteiger partial charge on any atom is 0.0507 e. The van der Waals surface area contributed by atoms with E-state index in [1.807, 2.05) is 0 Å². The quantitative estimate of drug-likeness (QED) is 0.610. The van der Waals surface area contributed by atoms with E-state index < -0.39 is 10.8 Å². The normalized spacial score (nSPS) is 45.7. The zero-order valence-corrected chi connectivity index (χ0v) is 8.62. The second kappa shape index (κ2) is 2.81. The van der Waals surface area contributed by atoms with Gasteiger partial charge in [-0.1, -0.05) is 13.8 Å². The van der Waals surface area contributed by atoms with Crippen LogP contribution in [0, 0.1) is 5.41 Å². The van der Waals surface area contributed by atoms with Crippen molar-refractivity contribution in [1.29, 1.82) is 0 Å². The summed E-state index contributed by atoms with van der Waals surface area (Å²) in [4.78, 5) is 0. The van der Waals surface area contributed by atoms with Gasteiger partial charge < -0.3 is 5.32 Å². The molecular formula is C9H17NOS. The van der Waals surface area contributed by atoms with E-state index in [1.165, 1.54) is 6.42 Å². The summed E-state index contributed by atoms with van der Waals surface area (Å²) in [6.07, 6.45) is 2.37. The highest BCUT2D eigenvalue weighted by atomic mass is 32.2. The Kier molecular flexibility index (Phi) is 2.04. The van der Waals surface area contributed by atoms with Crippen LogP contribution in [0.15, 0.2) is 0 Å². The molecule has 3 unspecified atom stereocenters. The van der Waals surface area contributed by atoms with Crippen molar-refractivity contribution >= 4 is 10.8 Å². The maximum absolute atomic E-state index is 11.6. The van der Waals surface area contributed by atoms with Gasteiger partial charge in [0, 0.05) is 29.1 Å². The van der Waals surface area contributed by atoms with Crippen molar-refractivity contribution in [2.75, 3.05) is 12.3 Å². The fourth-order valence-electron chi connectivity index (χ4n) is 2.50. The van der Waals surface area contributed by atoms with Crippen LogP contribution in [0.4, 0.5) is 0 Å². The molecule has 1 aliphatic heterocycles. The lowest BCUT2D eigenvalue weighted by atomic mass is 9.87. The molecule has 0 aromatic heterocycles. The number of fused-ring (bicyclic) bond motifs is 1. The van der Waals surface area contributed by atoms with Crippen LogP contribution < -0.4 is 5.32 Å². The van der Waals surface area contributed by atoms with E-state index in [9.17, 15) is 4.21 Å². The highest BCUT2D eigenvalue weighted by Crippen LogP contribution is 2.40. The van der Waals surface area contributed by atoms with Gasteiger partial charge in [0.05, 0.1) is 5.25 Å². The van der Waals surface area contributed by atoms with Gasteiger partial charge in [-0.2, -0.15) is 0 Å². The van der Waals surface area contributed by atoms with E-state index in [1.54, 1.807) is 0 Å². The fourth-order valence-corrected chi connectivity index (χ4v) is 4.27. The van der Waals surface area contributed by atoms with Crippen LogP contribution in [-0.2, 0) is 10.8 Å². The first-order valence-corrected chi connectivity index (χ1v) is 6.10. The lowest BCUT2D eigenvalue weighted by Crippen LogP contribution is -2.52. The van der Waals surface area contributed by atoms with Gasteiger partial charge in [0.1, 0.15) is 0 Å². The first-order chi connectivity index (χ1) is 5.61. The Hall–Kier alpha value is 0.110. The second-order valence-corrected chi connectivity index (χ2v) is 6.36. The van der Waals surface area contributed by atoms with Crippen LogP contribution in [-0.4, -0.2) is 27.8 Å². The van der Waals surface area contributed by atoms with Gasteiger partial charge in [-0.05, 0) is 18.3 Å². The third-order valence-electron chi connectivity index (χ3n) is 3.29. The number of hydrogen-bond acceptors (Lipinski definition) is 2. The zero-order valence-electron chi connectivity index (χ0n) is 7.80. The van der Waals surface area contributed by atoms with Crippen molar-refractivity contribution in [1.82, 2.24) is 5.32 Å². The van der Waals surface area contributed by atoms with E-state index in [4.69, 9.17) is 0 Å². The molecule has 2 nitrogen and oxygen atoms in total. The molecule has 2 fully saturated rings. The Morgan fingerprint density at radius 1 is 1.50 bits per heavy atom. The first-order valence-electron chi connectivity index (χ1n) is 4.72. The van der Waals surface area contributed by atoms with Gasteiger partial charge in [0.25, 0.3) is 0 Å². The van der Waals surface area contributed by atoms with Gasteiger partial charge in [0.2, 0.25) is 0 Å². The highest BCUT2D eigenvalue weighted by molar-refractivity contribution is 7.85. The molecular weight excluding hydrogens is 170 g/mol. The van der Waals surface area contributed by atoms with Crippen LogP contribution >= 0.6 is 0 Å². The minimum atomic E-state index is -0.555. The lowest BCUT2D eigenvalue weighted by Gasteiger charge is -2.34. The molecule has 2 rings (SSSR count). The minimum absolute atomic E-state index is 0.362. The predicted molar refractivity (Wildman–Crippen MR) is 51.6 cm³/mol. The van der Waals surface area contributed by atoms with Crippen LogP contribution in [0.25, 0.3) is 0 Å². The molecule has 0 aromatic rings. The molecule has 1 saturated carbocycles. The summed E-state index contributed by atoms with van der Waals surface area (Å²) in [6, 6.07) is 0.507. The number of hydrogen-bond donors (Lipinski definition) is 1. The minimum Gasteiger partial charge on any atom is -0.311 e. The molecule has 3 atom stereocenters. The van der Waals surface area contributed by atoms with Gasteiger partial charge in [-0.3, -0.25) is 4.21 Å².